The zero-order chi connectivity index (χ0) is 13.7. The minimum Gasteiger partial charge on any atom is -0.370 e. The molecule has 0 spiro atoms. The van der Waals surface area contributed by atoms with Gasteiger partial charge in [0.05, 0.1) is 6.54 Å². The van der Waals surface area contributed by atoms with Crippen molar-refractivity contribution in [2.45, 2.75) is 26.8 Å². The first-order valence-electron chi connectivity index (χ1n) is 5.87. The van der Waals surface area contributed by atoms with E-state index >= 15 is 0 Å². The fourth-order valence-corrected chi connectivity index (χ4v) is 1.57. The van der Waals surface area contributed by atoms with E-state index in [1.807, 2.05) is 20.8 Å². The molecule has 0 saturated carbocycles. The number of primary amides is 1. The van der Waals surface area contributed by atoms with Gasteiger partial charge in [-0.25, -0.2) is 0 Å². The van der Waals surface area contributed by atoms with E-state index in [0.717, 1.165) is 6.54 Å². The molecule has 1 rings (SSSR count). The van der Waals surface area contributed by atoms with Gasteiger partial charge in [-0.2, -0.15) is 9.97 Å². The number of nitrogen functional groups attached to an aromatic ring is 1. The van der Waals surface area contributed by atoms with Crippen LogP contribution in [0.5, 0.6) is 0 Å². The van der Waals surface area contributed by atoms with Gasteiger partial charge in [0.25, 0.3) is 0 Å². The highest BCUT2D eigenvalue weighted by Crippen LogP contribution is 2.18. The number of carbonyl (C=O) groups is 1. The maximum atomic E-state index is 11.1. The van der Waals surface area contributed by atoms with Gasteiger partial charge in [0, 0.05) is 18.7 Å². The summed E-state index contributed by atoms with van der Waals surface area (Å²) < 4.78 is 0. The molecule has 0 aliphatic heterocycles. The molecular weight excluding hydrogens is 232 g/mol. The van der Waals surface area contributed by atoms with Gasteiger partial charge in [0.15, 0.2) is 0 Å². The predicted octanol–water partition coefficient (Wildman–Crippen LogP) is 0.191. The number of rotatable bonds is 6. The van der Waals surface area contributed by atoms with Gasteiger partial charge >= 0.3 is 0 Å². The largest absolute Gasteiger partial charge is 0.370 e. The summed E-state index contributed by atoms with van der Waals surface area (Å²) in [5, 5.41) is 3.06. The SMILES string of the molecule is CCNc1cc(N(CC(N)=O)C(C)C)nc(N)n1. The molecule has 7 nitrogen and oxygen atoms in total. The molecule has 100 valence electrons. The van der Waals surface area contributed by atoms with Crippen molar-refractivity contribution >= 4 is 23.5 Å². The molecule has 0 aliphatic carbocycles. The second-order valence-corrected chi connectivity index (χ2v) is 4.19. The van der Waals surface area contributed by atoms with Gasteiger partial charge in [-0.05, 0) is 20.8 Å². The third-order valence-electron chi connectivity index (χ3n) is 2.33. The number of nitrogens with zero attached hydrogens (tertiary/aromatic N) is 3. The monoisotopic (exact) mass is 252 g/mol. The fraction of sp³-hybridized carbons (Fsp3) is 0.545. The van der Waals surface area contributed by atoms with E-state index in [1.54, 1.807) is 11.0 Å². The van der Waals surface area contributed by atoms with E-state index in [2.05, 4.69) is 15.3 Å². The summed E-state index contributed by atoms with van der Waals surface area (Å²) in [6.45, 7) is 6.69. The van der Waals surface area contributed by atoms with E-state index in [-0.39, 0.29) is 18.5 Å². The summed E-state index contributed by atoms with van der Waals surface area (Å²) in [6, 6.07) is 1.84. The Balaban J connectivity index is 3.06. The molecule has 0 bridgehead atoms. The Kier molecular flexibility index (Phi) is 4.70. The maximum Gasteiger partial charge on any atom is 0.237 e. The van der Waals surface area contributed by atoms with Crippen LogP contribution in [0.25, 0.3) is 0 Å². The summed E-state index contributed by atoms with van der Waals surface area (Å²) in [5.74, 6) is 0.979. The Morgan fingerprint density at radius 2 is 2.17 bits per heavy atom. The highest BCUT2D eigenvalue weighted by molar-refractivity contribution is 5.79. The van der Waals surface area contributed by atoms with Gasteiger partial charge in [-0.3, -0.25) is 4.79 Å². The van der Waals surface area contributed by atoms with Crippen LogP contribution in [-0.4, -0.2) is 35.0 Å². The minimum atomic E-state index is -0.411. The predicted molar refractivity (Wildman–Crippen MR) is 72.3 cm³/mol. The second kappa shape index (κ2) is 6.04. The third-order valence-corrected chi connectivity index (χ3v) is 2.33. The zero-order valence-electron chi connectivity index (χ0n) is 11.0. The molecule has 0 unspecified atom stereocenters. The molecule has 0 atom stereocenters. The Bertz CT molecular complexity index is 420. The normalized spacial score (nSPS) is 10.4. The molecule has 0 fully saturated rings. The van der Waals surface area contributed by atoms with E-state index in [0.29, 0.717) is 11.6 Å². The molecule has 0 saturated heterocycles. The van der Waals surface area contributed by atoms with E-state index in [9.17, 15) is 4.79 Å². The molecule has 1 heterocycles. The van der Waals surface area contributed by atoms with E-state index in [4.69, 9.17) is 11.5 Å². The van der Waals surface area contributed by atoms with Crippen LogP contribution in [0, 0.1) is 0 Å². The lowest BCUT2D eigenvalue weighted by Crippen LogP contribution is -2.39. The molecule has 5 N–H and O–H groups in total. The number of hydrogen-bond donors (Lipinski definition) is 3. The topological polar surface area (TPSA) is 110 Å². The Labute approximate surface area is 107 Å². The van der Waals surface area contributed by atoms with Crippen LogP contribution in [-0.2, 0) is 4.79 Å². The highest BCUT2D eigenvalue weighted by Gasteiger charge is 2.16. The van der Waals surface area contributed by atoms with Crippen molar-refractivity contribution in [2.75, 3.05) is 29.0 Å². The van der Waals surface area contributed by atoms with Crippen LogP contribution in [0.1, 0.15) is 20.8 Å². The van der Waals surface area contributed by atoms with Crippen LogP contribution in [0.3, 0.4) is 0 Å². The van der Waals surface area contributed by atoms with E-state index in [1.165, 1.54) is 0 Å². The van der Waals surface area contributed by atoms with Crippen LogP contribution < -0.4 is 21.7 Å². The highest BCUT2D eigenvalue weighted by atomic mass is 16.1. The molecule has 1 aromatic heterocycles. The Morgan fingerprint density at radius 1 is 1.50 bits per heavy atom. The first kappa shape index (κ1) is 14.0. The molecule has 18 heavy (non-hydrogen) atoms. The first-order chi connectivity index (χ1) is 8.43. The van der Waals surface area contributed by atoms with Crippen molar-refractivity contribution in [2.24, 2.45) is 5.73 Å². The third kappa shape index (κ3) is 3.76. The molecule has 0 aromatic carbocycles. The van der Waals surface area contributed by atoms with Crippen LogP contribution in [0.2, 0.25) is 0 Å². The Morgan fingerprint density at radius 3 is 2.67 bits per heavy atom. The van der Waals surface area contributed by atoms with Crippen molar-refractivity contribution in [3.8, 4) is 0 Å². The van der Waals surface area contributed by atoms with Crippen LogP contribution in [0.15, 0.2) is 6.07 Å². The van der Waals surface area contributed by atoms with Crippen LogP contribution >= 0.6 is 0 Å². The molecule has 1 aromatic rings. The average molecular weight is 252 g/mol. The van der Waals surface area contributed by atoms with Crippen molar-refractivity contribution in [3.05, 3.63) is 6.07 Å². The Hall–Kier alpha value is -2.05. The van der Waals surface area contributed by atoms with Crippen molar-refractivity contribution in [1.82, 2.24) is 9.97 Å². The fourth-order valence-electron chi connectivity index (χ4n) is 1.57. The smallest absolute Gasteiger partial charge is 0.237 e. The summed E-state index contributed by atoms with van der Waals surface area (Å²) in [6.07, 6.45) is 0. The quantitative estimate of drug-likeness (QED) is 0.666. The van der Waals surface area contributed by atoms with Crippen molar-refractivity contribution in [3.63, 3.8) is 0 Å². The number of amides is 1. The summed E-state index contributed by atoms with van der Waals surface area (Å²) in [5.41, 5.74) is 10.9. The number of nitrogens with two attached hydrogens (primary N) is 2. The minimum absolute atomic E-state index is 0.0845. The van der Waals surface area contributed by atoms with Crippen LogP contribution in [0.4, 0.5) is 17.6 Å². The standard InChI is InChI=1S/C11H20N6O/c1-4-14-9-5-10(16-11(13)15-9)17(7(2)3)6-8(12)18/h5,7H,4,6H2,1-3H3,(H2,12,18)(H3,13,14,15,16). The van der Waals surface area contributed by atoms with Crippen molar-refractivity contribution in [1.29, 1.82) is 0 Å². The van der Waals surface area contributed by atoms with Gasteiger partial charge in [-0.1, -0.05) is 0 Å². The lowest BCUT2D eigenvalue weighted by atomic mass is 10.3. The number of hydrogen-bond acceptors (Lipinski definition) is 6. The second-order valence-electron chi connectivity index (χ2n) is 4.19. The maximum absolute atomic E-state index is 11.1. The number of carbonyl (C=O) groups excluding carboxylic acids is 1. The van der Waals surface area contributed by atoms with Gasteiger partial charge in [-0.15, -0.1) is 0 Å². The van der Waals surface area contributed by atoms with Gasteiger partial charge in [0.2, 0.25) is 11.9 Å². The number of aromatic nitrogens is 2. The zero-order valence-corrected chi connectivity index (χ0v) is 11.0. The average Bonchev–Trinajstić information content (AvgIpc) is 2.24. The van der Waals surface area contributed by atoms with Crippen molar-refractivity contribution < 1.29 is 4.79 Å². The molecular formula is C11H20N6O. The van der Waals surface area contributed by atoms with Gasteiger partial charge < -0.3 is 21.7 Å². The molecule has 7 heteroatoms. The molecule has 0 radical (unpaired) electrons. The number of anilines is 3. The van der Waals surface area contributed by atoms with Gasteiger partial charge in [0.1, 0.15) is 11.6 Å². The molecule has 0 aliphatic rings. The lowest BCUT2D eigenvalue weighted by Gasteiger charge is -2.26. The first-order valence-corrected chi connectivity index (χ1v) is 5.87. The summed E-state index contributed by atoms with van der Waals surface area (Å²) in [4.78, 5) is 21.0. The lowest BCUT2D eigenvalue weighted by molar-refractivity contribution is -0.116. The number of nitrogens with one attached hydrogen (secondary N) is 1. The van der Waals surface area contributed by atoms with E-state index < -0.39 is 5.91 Å². The summed E-state index contributed by atoms with van der Waals surface area (Å²) >= 11 is 0. The summed E-state index contributed by atoms with van der Waals surface area (Å²) in [7, 11) is 0. The molecule has 1 amide bonds.